The molecule has 0 aliphatic carbocycles. The van der Waals surface area contributed by atoms with E-state index in [1.54, 1.807) is 14.2 Å². The van der Waals surface area contributed by atoms with Crippen LogP contribution in [0.4, 0.5) is 0 Å². The summed E-state index contributed by atoms with van der Waals surface area (Å²) in [6.07, 6.45) is 5.27. The van der Waals surface area contributed by atoms with Gasteiger partial charge in [-0.15, -0.1) is 24.0 Å². The van der Waals surface area contributed by atoms with E-state index in [0.29, 0.717) is 6.61 Å². The van der Waals surface area contributed by atoms with E-state index in [4.69, 9.17) is 4.74 Å². The molecule has 1 aliphatic heterocycles. The van der Waals surface area contributed by atoms with Gasteiger partial charge in [0.05, 0.1) is 6.61 Å². The van der Waals surface area contributed by atoms with Crippen molar-refractivity contribution in [3.63, 3.8) is 0 Å². The molecule has 1 heterocycles. The van der Waals surface area contributed by atoms with Gasteiger partial charge < -0.3 is 20.3 Å². The lowest BCUT2D eigenvalue weighted by Gasteiger charge is -2.33. The van der Waals surface area contributed by atoms with Crippen molar-refractivity contribution in [2.75, 3.05) is 46.9 Å². The Morgan fingerprint density at radius 3 is 2.70 bits per heavy atom. The van der Waals surface area contributed by atoms with Crippen LogP contribution in [0.5, 0.6) is 0 Å². The van der Waals surface area contributed by atoms with Gasteiger partial charge in [-0.3, -0.25) is 4.99 Å². The Balaban J connectivity index is 0.00000361. The zero-order chi connectivity index (χ0) is 13.9. The predicted molar refractivity (Wildman–Crippen MR) is 96.2 cm³/mol. The second kappa shape index (κ2) is 12.6. The van der Waals surface area contributed by atoms with Crippen molar-refractivity contribution in [1.29, 1.82) is 0 Å². The van der Waals surface area contributed by atoms with Gasteiger partial charge in [0.1, 0.15) is 0 Å². The monoisotopic (exact) mass is 398 g/mol. The molecule has 0 saturated carbocycles. The van der Waals surface area contributed by atoms with E-state index in [1.165, 1.54) is 32.4 Å². The lowest BCUT2D eigenvalue weighted by atomic mass is 10.0. The fourth-order valence-electron chi connectivity index (χ4n) is 2.47. The number of nitrogens with zero attached hydrogens (tertiary/aromatic N) is 2. The van der Waals surface area contributed by atoms with Crippen LogP contribution in [0.1, 0.15) is 32.6 Å². The summed E-state index contributed by atoms with van der Waals surface area (Å²) in [6, 6.07) is 0.757. The van der Waals surface area contributed by atoms with E-state index in [0.717, 1.165) is 31.5 Å². The molecule has 1 fully saturated rings. The highest BCUT2D eigenvalue weighted by molar-refractivity contribution is 14.0. The van der Waals surface area contributed by atoms with Crippen LogP contribution in [0.15, 0.2) is 4.99 Å². The molecule has 1 rings (SSSR count). The number of likely N-dealkylation sites (tertiary alicyclic amines) is 1. The van der Waals surface area contributed by atoms with Crippen molar-refractivity contribution in [3.05, 3.63) is 0 Å². The molecule has 0 radical (unpaired) electrons. The van der Waals surface area contributed by atoms with E-state index in [1.807, 2.05) is 0 Å². The minimum Gasteiger partial charge on any atom is -0.383 e. The third-order valence-corrected chi connectivity index (χ3v) is 3.68. The number of ether oxygens (including phenoxy) is 1. The second-order valence-electron chi connectivity index (χ2n) is 5.15. The van der Waals surface area contributed by atoms with Gasteiger partial charge >= 0.3 is 0 Å². The molecule has 1 atom stereocenters. The summed E-state index contributed by atoms with van der Waals surface area (Å²) in [5, 5.41) is 6.56. The van der Waals surface area contributed by atoms with Crippen LogP contribution >= 0.6 is 24.0 Å². The third kappa shape index (κ3) is 8.26. The van der Waals surface area contributed by atoms with Crippen LogP contribution < -0.4 is 10.6 Å². The van der Waals surface area contributed by atoms with Gasteiger partial charge in [0, 0.05) is 39.8 Å². The van der Waals surface area contributed by atoms with Crippen molar-refractivity contribution in [2.24, 2.45) is 4.99 Å². The van der Waals surface area contributed by atoms with Crippen LogP contribution in [0.2, 0.25) is 0 Å². The van der Waals surface area contributed by atoms with Crippen molar-refractivity contribution >= 4 is 29.9 Å². The van der Waals surface area contributed by atoms with E-state index in [2.05, 4.69) is 27.4 Å². The smallest absolute Gasteiger partial charge is 0.191 e. The molecule has 120 valence electrons. The van der Waals surface area contributed by atoms with Crippen molar-refractivity contribution in [3.8, 4) is 0 Å². The number of guanidine groups is 1. The van der Waals surface area contributed by atoms with E-state index >= 15 is 0 Å². The molecule has 0 spiro atoms. The number of rotatable bonds is 7. The summed E-state index contributed by atoms with van der Waals surface area (Å²) in [7, 11) is 3.51. The number of halogens is 1. The molecule has 0 amide bonds. The minimum atomic E-state index is 0. The molecule has 1 aliphatic rings. The fourth-order valence-corrected chi connectivity index (χ4v) is 2.47. The lowest BCUT2D eigenvalue weighted by molar-refractivity contribution is 0.159. The fraction of sp³-hybridized carbons (Fsp3) is 0.929. The van der Waals surface area contributed by atoms with Crippen LogP contribution in [0, 0.1) is 0 Å². The summed E-state index contributed by atoms with van der Waals surface area (Å²) in [6.45, 7) is 7.25. The second-order valence-corrected chi connectivity index (χ2v) is 5.15. The first-order valence-corrected chi connectivity index (χ1v) is 7.45. The molecule has 5 nitrogen and oxygen atoms in total. The van der Waals surface area contributed by atoms with Gasteiger partial charge in [-0.2, -0.15) is 0 Å². The maximum absolute atomic E-state index is 5.00. The Labute approximate surface area is 140 Å². The highest BCUT2D eigenvalue weighted by atomic mass is 127. The van der Waals surface area contributed by atoms with Crippen LogP contribution in [-0.2, 0) is 4.74 Å². The largest absolute Gasteiger partial charge is 0.383 e. The minimum absolute atomic E-state index is 0. The van der Waals surface area contributed by atoms with Gasteiger partial charge in [-0.25, -0.2) is 0 Å². The standard InChI is InChI=1S/C14H30N4O.HI/c1-13-7-4-5-10-18(13)11-6-8-16-14(15-2)17-9-12-19-3;/h13H,4-12H2,1-3H3,(H2,15,16,17);1H. The van der Waals surface area contributed by atoms with Crippen molar-refractivity contribution in [1.82, 2.24) is 15.5 Å². The van der Waals surface area contributed by atoms with Gasteiger partial charge in [-0.1, -0.05) is 6.42 Å². The average molecular weight is 398 g/mol. The first kappa shape index (κ1) is 19.9. The molecular weight excluding hydrogens is 367 g/mol. The van der Waals surface area contributed by atoms with Gasteiger partial charge in [0.15, 0.2) is 5.96 Å². The summed E-state index contributed by atoms with van der Waals surface area (Å²) in [4.78, 5) is 6.79. The highest BCUT2D eigenvalue weighted by Crippen LogP contribution is 2.15. The van der Waals surface area contributed by atoms with Crippen LogP contribution in [0.3, 0.4) is 0 Å². The summed E-state index contributed by atoms with van der Waals surface area (Å²) >= 11 is 0. The van der Waals surface area contributed by atoms with Crippen LogP contribution in [-0.4, -0.2) is 63.8 Å². The number of hydrogen-bond donors (Lipinski definition) is 2. The maximum Gasteiger partial charge on any atom is 0.191 e. The molecule has 0 bridgehead atoms. The molecule has 0 aromatic carbocycles. The first-order valence-electron chi connectivity index (χ1n) is 7.45. The number of piperidine rings is 1. The molecular formula is C14H31IN4O. The normalized spacial score (nSPS) is 20.4. The van der Waals surface area contributed by atoms with Gasteiger partial charge in [0.2, 0.25) is 0 Å². The molecule has 0 aromatic heterocycles. The average Bonchev–Trinajstić information content (AvgIpc) is 2.43. The first-order chi connectivity index (χ1) is 9.27. The zero-order valence-corrected chi connectivity index (χ0v) is 15.5. The third-order valence-electron chi connectivity index (χ3n) is 3.68. The number of aliphatic imine (C=N–C) groups is 1. The summed E-state index contributed by atoms with van der Waals surface area (Å²) < 4.78 is 5.00. The number of hydrogen-bond acceptors (Lipinski definition) is 3. The lowest BCUT2D eigenvalue weighted by Crippen LogP contribution is -2.42. The Morgan fingerprint density at radius 2 is 2.05 bits per heavy atom. The Kier molecular flexibility index (Phi) is 12.6. The highest BCUT2D eigenvalue weighted by Gasteiger charge is 2.16. The van der Waals surface area contributed by atoms with E-state index < -0.39 is 0 Å². The molecule has 0 aromatic rings. The Morgan fingerprint density at radius 1 is 1.30 bits per heavy atom. The van der Waals surface area contributed by atoms with Crippen molar-refractivity contribution < 1.29 is 4.74 Å². The zero-order valence-electron chi connectivity index (χ0n) is 13.2. The summed E-state index contributed by atoms with van der Waals surface area (Å²) in [5.41, 5.74) is 0. The predicted octanol–water partition coefficient (Wildman–Crippen LogP) is 1.68. The quantitative estimate of drug-likeness (QED) is 0.297. The Hall–Kier alpha value is -0.0800. The number of methoxy groups -OCH3 is 1. The Bertz CT molecular complexity index is 264. The molecule has 1 saturated heterocycles. The van der Waals surface area contributed by atoms with Gasteiger partial charge in [-0.05, 0) is 32.7 Å². The summed E-state index contributed by atoms with van der Waals surface area (Å²) in [5.74, 6) is 0.865. The van der Waals surface area contributed by atoms with E-state index in [-0.39, 0.29) is 24.0 Å². The molecule has 20 heavy (non-hydrogen) atoms. The molecule has 2 N–H and O–H groups in total. The number of nitrogens with one attached hydrogen (secondary N) is 2. The molecule has 1 unspecified atom stereocenters. The van der Waals surface area contributed by atoms with E-state index in [9.17, 15) is 0 Å². The topological polar surface area (TPSA) is 48.9 Å². The van der Waals surface area contributed by atoms with Gasteiger partial charge in [0.25, 0.3) is 0 Å². The van der Waals surface area contributed by atoms with Crippen molar-refractivity contribution in [2.45, 2.75) is 38.6 Å². The van der Waals surface area contributed by atoms with Crippen LogP contribution in [0.25, 0.3) is 0 Å². The SMILES string of the molecule is CN=C(NCCCN1CCCCC1C)NCCOC.I. The maximum atomic E-state index is 5.00. The molecule has 6 heteroatoms.